The molecule has 1 aromatic carbocycles. The molecule has 1 aromatic heterocycles. The minimum Gasteiger partial charge on any atom is -0.469 e. The lowest BCUT2D eigenvalue weighted by atomic mass is 10.0. The minimum absolute atomic E-state index is 0.347. The van der Waals surface area contributed by atoms with E-state index in [1.807, 2.05) is 0 Å². The molecule has 0 aliphatic carbocycles. The van der Waals surface area contributed by atoms with Crippen molar-refractivity contribution in [1.29, 1.82) is 0 Å². The van der Waals surface area contributed by atoms with Gasteiger partial charge in [-0.1, -0.05) is 17.7 Å². The van der Waals surface area contributed by atoms with Crippen LogP contribution in [-0.2, 0) is 6.42 Å². The second-order valence-corrected chi connectivity index (χ2v) is 4.05. The molecule has 0 radical (unpaired) electrons. The van der Waals surface area contributed by atoms with Crippen molar-refractivity contribution < 1.29 is 8.81 Å². The largest absolute Gasteiger partial charge is 0.469 e. The highest BCUT2D eigenvalue weighted by Gasteiger charge is 2.19. The molecule has 5 heteroatoms. The van der Waals surface area contributed by atoms with Crippen LogP contribution in [0.5, 0.6) is 0 Å². The molecule has 0 aliphatic heterocycles. The Morgan fingerprint density at radius 1 is 1.35 bits per heavy atom. The molecule has 3 N–H and O–H groups in total. The fourth-order valence-electron chi connectivity index (χ4n) is 1.72. The normalized spacial score (nSPS) is 12.6. The number of furan rings is 1. The highest BCUT2D eigenvalue weighted by atomic mass is 35.5. The average Bonchev–Trinajstić information content (AvgIpc) is 2.80. The predicted octanol–water partition coefficient (Wildman–Crippen LogP) is 2.82. The molecule has 17 heavy (non-hydrogen) atoms. The van der Waals surface area contributed by atoms with E-state index < -0.39 is 6.04 Å². The van der Waals surface area contributed by atoms with Crippen molar-refractivity contribution in [3.63, 3.8) is 0 Å². The maximum absolute atomic E-state index is 13.7. The van der Waals surface area contributed by atoms with Gasteiger partial charge in [-0.15, -0.1) is 0 Å². The highest BCUT2D eigenvalue weighted by Crippen LogP contribution is 2.27. The third-order valence-electron chi connectivity index (χ3n) is 2.53. The highest BCUT2D eigenvalue weighted by molar-refractivity contribution is 6.31. The van der Waals surface area contributed by atoms with Crippen molar-refractivity contribution in [1.82, 2.24) is 5.43 Å². The smallest absolute Gasteiger partial charge is 0.129 e. The van der Waals surface area contributed by atoms with E-state index in [0.717, 1.165) is 0 Å². The van der Waals surface area contributed by atoms with E-state index in [4.69, 9.17) is 21.9 Å². The molecule has 1 heterocycles. The lowest BCUT2D eigenvalue weighted by Crippen LogP contribution is -2.30. The van der Waals surface area contributed by atoms with Gasteiger partial charge in [-0.05, 0) is 24.3 Å². The standard InChI is InChI=1S/C12H12ClFN2O/c13-9-4-1-5-10(14)12(9)11(16-15)7-8-3-2-6-17-8/h1-6,11,16H,7,15H2. The summed E-state index contributed by atoms with van der Waals surface area (Å²) < 4.78 is 18.9. The third-order valence-corrected chi connectivity index (χ3v) is 2.86. The molecule has 90 valence electrons. The molecule has 0 fully saturated rings. The first-order valence-electron chi connectivity index (χ1n) is 5.14. The Morgan fingerprint density at radius 3 is 2.76 bits per heavy atom. The SMILES string of the molecule is NNC(Cc1ccco1)c1c(F)cccc1Cl. The van der Waals surface area contributed by atoms with E-state index >= 15 is 0 Å². The quantitative estimate of drug-likeness (QED) is 0.652. The summed E-state index contributed by atoms with van der Waals surface area (Å²) in [5.41, 5.74) is 2.91. The van der Waals surface area contributed by atoms with Crippen LogP contribution in [0.25, 0.3) is 0 Å². The van der Waals surface area contributed by atoms with Crippen LogP contribution in [0.4, 0.5) is 4.39 Å². The minimum atomic E-state index is -0.421. The van der Waals surface area contributed by atoms with E-state index in [1.165, 1.54) is 6.07 Å². The van der Waals surface area contributed by atoms with Gasteiger partial charge in [0.2, 0.25) is 0 Å². The third kappa shape index (κ3) is 2.66. The van der Waals surface area contributed by atoms with Gasteiger partial charge in [-0.3, -0.25) is 11.3 Å². The Balaban J connectivity index is 2.29. The van der Waals surface area contributed by atoms with Crippen LogP contribution in [0.2, 0.25) is 5.02 Å². The molecule has 0 bridgehead atoms. The van der Waals surface area contributed by atoms with Gasteiger partial charge in [0, 0.05) is 17.0 Å². The predicted molar refractivity (Wildman–Crippen MR) is 63.9 cm³/mol. The summed E-state index contributed by atoms with van der Waals surface area (Å²) in [6.45, 7) is 0. The number of halogens is 2. The van der Waals surface area contributed by atoms with Gasteiger partial charge in [-0.25, -0.2) is 4.39 Å². The van der Waals surface area contributed by atoms with Gasteiger partial charge in [-0.2, -0.15) is 0 Å². The first-order chi connectivity index (χ1) is 8.22. The average molecular weight is 255 g/mol. The summed E-state index contributed by atoms with van der Waals surface area (Å²) in [4.78, 5) is 0. The summed E-state index contributed by atoms with van der Waals surface area (Å²) in [7, 11) is 0. The second-order valence-electron chi connectivity index (χ2n) is 3.64. The summed E-state index contributed by atoms with van der Waals surface area (Å²) in [5, 5.41) is 0.347. The van der Waals surface area contributed by atoms with Gasteiger partial charge in [0.1, 0.15) is 11.6 Å². The Labute approximate surface area is 103 Å². The van der Waals surface area contributed by atoms with Crippen LogP contribution >= 0.6 is 11.6 Å². The second kappa shape index (κ2) is 5.31. The number of hydrogen-bond donors (Lipinski definition) is 2. The fourth-order valence-corrected chi connectivity index (χ4v) is 2.01. The van der Waals surface area contributed by atoms with E-state index in [2.05, 4.69) is 5.43 Å². The van der Waals surface area contributed by atoms with Crippen LogP contribution in [0, 0.1) is 5.82 Å². The number of nitrogens with two attached hydrogens (primary N) is 1. The van der Waals surface area contributed by atoms with Crippen molar-refractivity contribution in [3.05, 3.63) is 58.8 Å². The summed E-state index contributed by atoms with van der Waals surface area (Å²) >= 11 is 5.98. The first kappa shape index (κ1) is 12.1. The molecular formula is C12H12ClFN2O. The zero-order chi connectivity index (χ0) is 12.3. The molecule has 0 spiro atoms. The molecule has 0 aliphatic rings. The summed E-state index contributed by atoms with van der Waals surface area (Å²) in [6.07, 6.45) is 2.00. The molecule has 0 saturated carbocycles. The monoisotopic (exact) mass is 254 g/mol. The lowest BCUT2D eigenvalue weighted by molar-refractivity contribution is 0.444. The van der Waals surface area contributed by atoms with Crippen LogP contribution in [0.1, 0.15) is 17.4 Å². The number of rotatable bonds is 4. The van der Waals surface area contributed by atoms with Crippen LogP contribution in [0.3, 0.4) is 0 Å². The van der Waals surface area contributed by atoms with Crippen molar-refractivity contribution in [2.75, 3.05) is 0 Å². The summed E-state index contributed by atoms with van der Waals surface area (Å²) in [6, 6.07) is 7.70. The van der Waals surface area contributed by atoms with Gasteiger partial charge < -0.3 is 4.42 Å². The number of hydrogen-bond acceptors (Lipinski definition) is 3. The van der Waals surface area contributed by atoms with Crippen LogP contribution in [0.15, 0.2) is 41.0 Å². The molecule has 0 amide bonds. The van der Waals surface area contributed by atoms with E-state index in [-0.39, 0.29) is 5.82 Å². The number of nitrogens with one attached hydrogen (secondary N) is 1. The van der Waals surface area contributed by atoms with Crippen molar-refractivity contribution in [2.45, 2.75) is 12.5 Å². The van der Waals surface area contributed by atoms with Crippen molar-refractivity contribution in [3.8, 4) is 0 Å². The van der Waals surface area contributed by atoms with Gasteiger partial charge in [0.05, 0.1) is 12.3 Å². The molecule has 1 unspecified atom stereocenters. The topological polar surface area (TPSA) is 51.2 Å². The maximum atomic E-state index is 13.7. The maximum Gasteiger partial charge on any atom is 0.129 e. The Bertz CT molecular complexity index is 467. The van der Waals surface area contributed by atoms with Crippen LogP contribution in [-0.4, -0.2) is 0 Å². The number of hydrazine groups is 1. The molecule has 2 rings (SSSR count). The fraction of sp³-hybridized carbons (Fsp3) is 0.167. The molecule has 0 saturated heterocycles. The van der Waals surface area contributed by atoms with Crippen molar-refractivity contribution >= 4 is 11.6 Å². The Kier molecular flexibility index (Phi) is 3.78. The molecule has 2 aromatic rings. The van der Waals surface area contributed by atoms with E-state index in [0.29, 0.717) is 22.8 Å². The van der Waals surface area contributed by atoms with Gasteiger partial charge in [0.25, 0.3) is 0 Å². The van der Waals surface area contributed by atoms with E-state index in [1.54, 1.807) is 30.5 Å². The molecule has 1 atom stereocenters. The molecular weight excluding hydrogens is 243 g/mol. The molecule has 3 nitrogen and oxygen atoms in total. The Morgan fingerprint density at radius 2 is 2.18 bits per heavy atom. The van der Waals surface area contributed by atoms with Gasteiger partial charge in [0.15, 0.2) is 0 Å². The van der Waals surface area contributed by atoms with Crippen LogP contribution < -0.4 is 11.3 Å². The zero-order valence-electron chi connectivity index (χ0n) is 8.99. The Hall–Kier alpha value is -1.36. The van der Waals surface area contributed by atoms with Gasteiger partial charge >= 0.3 is 0 Å². The number of benzene rings is 1. The van der Waals surface area contributed by atoms with E-state index in [9.17, 15) is 4.39 Å². The zero-order valence-corrected chi connectivity index (χ0v) is 9.75. The van der Waals surface area contributed by atoms with Crippen molar-refractivity contribution in [2.24, 2.45) is 5.84 Å². The summed E-state index contributed by atoms with van der Waals surface area (Å²) in [5.74, 6) is 5.77. The lowest BCUT2D eigenvalue weighted by Gasteiger charge is -2.17. The first-order valence-corrected chi connectivity index (χ1v) is 5.52.